The van der Waals surface area contributed by atoms with E-state index in [9.17, 15) is 4.79 Å². The van der Waals surface area contributed by atoms with Crippen LogP contribution in [0.5, 0.6) is 5.75 Å². The summed E-state index contributed by atoms with van der Waals surface area (Å²) in [5, 5.41) is 0.452. The molecule has 6 heteroatoms. The largest absolute Gasteiger partial charge is 0.496 e. The van der Waals surface area contributed by atoms with Gasteiger partial charge in [0, 0.05) is 25.1 Å². The van der Waals surface area contributed by atoms with Gasteiger partial charge >= 0.3 is 5.97 Å². The molecule has 1 aliphatic heterocycles. The van der Waals surface area contributed by atoms with Gasteiger partial charge in [0.1, 0.15) is 17.9 Å². The van der Waals surface area contributed by atoms with Crippen molar-refractivity contribution < 1.29 is 19.0 Å². The molecule has 2 aromatic rings. The van der Waals surface area contributed by atoms with Gasteiger partial charge in [-0.15, -0.1) is 0 Å². The summed E-state index contributed by atoms with van der Waals surface area (Å²) in [6.07, 6.45) is 6.80. The van der Waals surface area contributed by atoms with Crippen LogP contribution in [0.15, 0.2) is 36.7 Å². The van der Waals surface area contributed by atoms with E-state index in [4.69, 9.17) is 25.8 Å². The minimum absolute atomic E-state index is 0.0247. The average molecular weight is 350 g/mol. The molecule has 24 heavy (non-hydrogen) atoms. The van der Waals surface area contributed by atoms with E-state index in [1.54, 1.807) is 12.1 Å². The van der Waals surface area contributed by atoms with Gasteiger partial charge in [0.15, 0.2) is 0 Å². The fourth-order valence-corrected chi connectivity index (χ4v) is 3.01. The normalized spacial score (nSPS) is 17.5. The van der Waals surface area contributed by atoms with Crippen LogP contribution in [-0.2, 0) is 9.47 Å². The van der Waals surface area contributed by atoms with Gasteiger partial charge in [0.05, 0.1) is 23.9 Å². The smallest absolute Gasteiger partial charge is 0.342 e. The minimum atomic E-state index is -0.457. The van der Waals surface area contributed by atoms with E-state index in [0.29, 0.717) is 16.3 Å². The molecule has 0 bridgehead atoms. The SMILES string of the molecule is COc1cc(-n2cccc2)c(Cl)cc1C(=O)OCC1CCCCO1. The Morgan fingerprint density at radius 2 is 2.12 bits per heavy atom. The molecule has 1 aromatic carbocycles. The summed E-state index contributed by atoms with van der Waals surface area (Å²) in [5.41, 5.74) is 1.06. The summed E-state index contributed by atoms with van der Waals surface area (Å²) in [4.78, 5) is 12.4. The van der Waals surface area contributed by atoms with E-state index < -0.39 is 5.97 Å². The van der Waals surface area contributed by atoms with Crippen LogP contribution in [0.3, 0.4) is 0 Å². The molecule has 1 atom stereocenters. The second-order valence-electron chi connectivity index (χ2n) is 5.68. The standard InChI is InChI=1S/C18H20ClNO4/c1-22-17-11-16(20-7-3-4-8-20)15(19)10-14(17)18(21)24-12-13-6-2-5-9-23-13/h3-4,7-8,10-11,13H,2,5-6,9,12H2,1H3. The van der Waals surface area contributed by atoms with E-state index in [1.165, 1.54) is 7.11 Å². The van der Waals surface area contributed by atoms with Gasteiger partial charge in [0.2, 0.25) is 0 Å². The Morgan fingerprint density at radius 1 is 1.33 bits per heavy atom. The van der Waals surface area contributed by atoms with Gasteiger partial charge in [-0.05, 0) is 37.5 Å². The zero-order chi connectivity index (χ0) is 16.9. The minimum Gasteiger partial charge on any atom is -0.496 e. The van der Waals surface area contributed by atoms with Gasteiger partial charge in [-0.2, -0.15) is 0 Å². The number of hydrogen-bond acceptors (Lipinski definition) is 4. The van der Waals surface area contributed by atoms with Gasteiger partial charge in [-0.1, -0.05) is 11.6 Å². The molecular weight excluding hydrogens is 330 g/mol. The number of methoxy groups -OCH3 is 1. The third-order valence-corrected chi connectivity index (χ3v) is 4.35. The number of benzene rings is 1. The Kier molecular flexibility index (Phi) is 5.43. The molecule has 1 aromatic heterocycles. The fraction of sp³-hybridized carbons (Fsp3) is 0.389. The summed E-state index contributed by atoms with van der Waals surface area (Å²) in [6, 6.07) is 7.11. The monoisotopic (exact) mass is 349 g/mol. The highest BCUT2D eigenvalue weighted by atomic mass is 35.5. The molecule has 2 heterocycles. The van der Waals surface area contributed by atoms with Crippen LogP contribution in [-0.4, -0.2) is 37.0 Å². The number of rotatable bonds is 5. The molecule has 1 unspecified atom stereocenters. The number of esters is 1. The second-order valence-corrected chi connectivity index (χ2v) is 6.09. The lowest BCUT2D eigenvalue weighted by molar-refractivity contribution is -0.0301. The summed E-state index contributed by atoms with van der Waals surface area (Å²) >= 11 is 6.33. The lowest BCUT2D eigenvalue weighted by Crippen LogP contribution is -2.26. The molecule has 128 valence electrons. The summed E-state index contributed by atoms with van der Waals surface area (Å²) in [6.45, 7) is 0.974. The molecule has 1 fully saturated rings. The maximum absolute atomic E-state index is 12.4. The van der Waals surface area contributed by atoms with Crippen LogP contribution in [0.25, 0.3) is 5.69 Å². The van der Waals surface area contributed by atoms with Crippen LogP contribution < -0.4 is 4.74 Å². The summed E-state index contributed by atoms with van der Waals surface area (Å²) < 4.78 is 18.2. The van der Waals surface area contributed by atoms with E-state index in [1.807, 2.05) is 29.1 Å². The Morgan fingerprint density at radius 3 is 2.79 bits per heavy atom. The third-order valence-electron chi connectivity index (χ3n) is 4.05. The molecule has 0 amide bonds. The number of carbonyl (C=O) groups is 1. The maximum Gasteiger partial charge on any atom is 0.342 e. The van der Waals surface area contributed by atoms with Crippen molar-refractivity contribution in [1.29, 1.82) is 0 Å². The quantitative estimate of drug-likeness (QED) is 0.769. The van der Waals surface area contributed by atoms with Gasteiger partial charge < -0.3 is 18.8 Å². The highest BCUT2D eigenvalue weighted by Crippen LogP contribution is 2.30. The predicted molar refractivity (Wildman–Crippen MR) is 91.2 cm³/mol. The molecule has 5 nitrogen and oxygen atoms in total. The van der Waals surface area contributed by atoms with E-state index >= 15 is 0 Å². The molecule has 0 radical (unpaired) electrons. The first kappa shape index (κ1) is 16.9. The molecule has 0 saturated carbocycles. The van der Waals surface area contributed by atoms with Crippen molar-refractivity contribution in [2.75, 3.05) is 20.3 Å². The van der Waals surface area contributed by atoms with Crippen molar-refractivity contribution in [3.05, 3.63) is 47.2 Å². The first-order valence-electron chi connectivity index (χ1n) is 7.98. The Hall–Kier alpha value is -1.98. The first-order valence-corrected chi connectivity index (χ1v) is 8.36. The molecular formula is C18H20ClNO4. The third kappa shape index (κ3) is 3.74. The lowest BCUT2D eigenvalue weighted by Gasteiger charge is -2.22. The van der Waals surface area contributed by atoms with Crippen LogP contribution in [0.1, 0.15) is 29.6 Å². The zero-order valence-corrected chi connectivity index (χ0v) is 14.3. The molecule has 0 N–H and O–H groups in total. The van der Waals surface area contributed by atoms with Gasteiger partial charge in [-0.3, -0.25) is 0 Å². The summed E-state index contributed by atoms with van der Waals surface area (Å²) in [5.74, 6) is -0.0281. The van der Waals surface area contributed by atoms with E-state index in [-0.39, 0.29) is 12.7 Å². The van der Waals surface area contributed by atoms with Crippen LogP contribution in [0, 0.1) is 0 Å². The molecule has 0 spiro atoms. The van der Waals surface area contributed by atoms with Crippen molar-refractivity contribution >= 4 is 17.6 Å². The van der Waals surface area contributed by atoms with Crippen molar-refractivity contribution in [2.45, 2.75) is 25.4 Å². The number of nitrogens with zero attached hydrogens (tertiary/aromatic N) is 1. The van der Waals surface area contributed by atoms with Crippen molar-refractivity contribution in [2.24, 2.45) is 0 Å². The zero-order valence-electron chi connectivity index (χ0n) is 13.5. The van der Waals surface area contributed by atoms with Gasteiger partial charge in [-0.25, -0.2) is 4.79 Å². The molecule has 1 saturated heterocycles. The topological polar surface area (TPSA) is 49.7 Å². The molecule has 0 aliphatic carbocycles. The second kappa shape index (κ2) is 7.73. The van der Waals surface area contributed by atoms with Crippen LogP contribution in [0.2, 0.25) is 5.02 Å². The predicted octanol–water partition coefficient (Wildman–Crippen LogP) is 3.87. The Labute approximate surface area is 146 Å². The number of hydrogen-bond donors (Lipinski definition) is 0. The van der Waals surface area contributed by atoms with E-state index in [2.05, 4.69) is 0 Å². The molecule has 3 rings (SSSR count). The highest BCUT2D eigenvalue weighted by Gasteiger charge is 2.21. The van der Waals surface area contributed by atoms with Crippen molar-refractivity contribution in [3.8, 4) is 11.4 Å². The maximum atomic E-state index is 12.4. The number of aromatic nitrogens is 1. The highest BCUT2D eigenvalue weighted by molar-refractivity contribution is 6.32. The Bertz CT molecular complexity index is 693. The van der Waals surface area contributed by atoms with Gasteiger partial charge in [0.25, 0.3) is 0 Å². The Balaban J connectivity index is 1.76. The summed E-state index contributed by atoms with van der Waals surface area (Å²) in [7, 11) is 1.52. The molecule has 1 aliphatic rings. The average Bonchev–Trinajstić information content (AvgIpc) is 3.14. The van der Waals surface area contributed by atoms with Crippen molar-refractivity contribution in [3.63, 3.8) is 0 Å². The fourth-order valence-electron chi connectivity index (χ4n) is 2.75. The number of halogens is 1. The first-order chi connectivity index (χ1) is 11.7. The van der Waals surface area contributed by atoms with Crippen LogP contribution in [0.4, 0.5) is 0 Å². The lowest BCUT2D eigenvalue weighted by atomic mass is 10.1. The van der Waals surface area contributed by atoms with Crippen LogP contribution >= 0.6 is 11.6 Å². The number of ether oxygens (including phenoxy) is 3. The van der Waals surface area contributed by atoms with Crippen molar-refractivity contribution in [1.82, 2.24) is 4.57 Å². The van der Waals surface area contributed by atoms with E-state index in [0.717, 1.165) is 31.6 Å². The number of carbonyl (C=O) groups excluding carboxylic acids is 1.